The maximum absolute atomic E-state index is 5.10. The van der Waals surface area contributed by atoms with Gasteiger partial charge in [0.25, 0.3) is 0 Å². The van der Waals surface area contributed by atoms with Crippen LogP contribution in [0.15, 0.2) is 10.7 Å². The Morgan fingerprint density at radius 3 is 2.78 bits per heavy atom. The molecule has 0 bridgehead atoms. The molecule has 1 heterocycles. The number of nitrogens with zero attached hydrogens (tertiary/aromatic N) is 2. The quantitative estimate of drug-likeness (QED) is 0.809. The Morgan fingerprint density at radius 1 is 1.56 bits per heavy atom. The predicted molar refractivity (Wildman–Crippen MR) is 80.7 cm³/mol. The molecule has 6 heteroatoms. The molecule has 4 nitrogen and oxygen atoms in total. The molecule has 1 atom stereocenters. The van der Waals surface area contributed by atoms with Crippen molar-refractivity contribution in [3.8, 4) is 0 Å². The van der Waals surface area contributed by atoms with Gasteiger partial charge >= 0.3 is 0 Å². The number of ether oxygens (including phenoxy) is 1. The fraction of sp³-hybridized carbons (Fsp3) is 0.750. The van der Waals surface area contributed by atoms with Gasteiger partial charge in [0.1, 0.15) is 4.60 Å². The summed E-state index contributed by atoms with van der Waals surface area (Å²) in [5, 5.41) is 4.42. The van der Waals surface area contributed by atoms with Crippen molar-refractivity contribution in [3.05, 3.63) is 16.4 Å². The molecule has 0 radical (unpaired) electrons. The largest absolute Gasteiger partial charge is 0.383 e. The van der Waals surface area contributed by atoms with Crippen LogP contribution in [0, 0.1) is 0 Å². The Morgan fingerprint density at radius 2 is 2.22 bits per heavy atom. The third-order valence-corrected chi connectivity index (χ3v) is 3.75. The summed E-state index contributed by atoms with van der Waals surface area (Å²) in [5.74, 6) is 0. The van der Waals surface area contributed by atoms with Crippen LogP contribution >= 0.6 is 27.9 Å². The fourth-order valence-corrected chi connectivity index (χ4v) is 2.51. The lowest BCUT2D eigenvalue weighted by Gasteiger charge is -2.22. The SMILES string of the molecule is COCCn1nc(Br)cc1C(C)NSC(C)(C)C. The van der Waals surface area contributed by atoms with Gasteiger partial charge in [0.05, 0.1) is 24.9 Å². The van der Waals surface area contributed by atoms with Crippen LogP contribution in [-0.4, -0.2) is 28.2 Å². The van der Waals surface area contributed by atoms with Crippen LogP contribution in [0.5, 0.6) is 0 Å². The summed E-state index contributed by atoms with van der Waals surface area (Å²) in [6.07, 6.45) is 0. The van der Waals surface area contributed by atoms with Crippen LogP contribution in [0.25, 0.3) is 0 Å². The smallest absolute Gasteiger partial charge is 0.128 e. The van der Waals surface area contributed by atoms with E-state index in [-0.39, 0.29) is 10.8 Å². The number of hydrogen-bond donors (Lipinski definition) is 1. The molecule has 0 aliphatic heterocycles. The van der Waals surface area contributed by atoms with Crippen LogP contribution in [0.1, 0.15) is 39.4 Å². The minimum atomic E-state index is 0.197. The van der Waals surface area contributed by atoms with Gasteiger partial charge in [-0.25, -0.2) is 0 Å². The minimum Gasteiger partial charge on any atom is -0.383 e. The normalized spacial score (nSPS) is 13.9. The van der Waals surface area contributed by atoms with Crippen molar-refractivity contribution >= 4 is 27.9 Å². The number of nitrogens with one attached hydrogen (secondary N) is 1. The molecule has 1 N–H and O–H groups in total. The fourth-order valence-electron chi connectivity index (χ4n) is 1.43. The zero-order valence-corrected chi connectivity index (χ0v) is 14.1. The standard InChI is InChI=1S/C12H22BrN3OS/c1-9(15-18-12(2,3)4)10-8-11(13)14-16(10)6-7-17-5/h8-9,15H,6-7H2,1-5H3. The summed E-state index contributed by atoms with van der Waals surface area (Å²) in [7, 11) is 1.70. The topological polar surface area (TPSA) is 39.1 Å². The first-order valence-corrected chi connectivity index (χ1v) is 7.60. The first-order valence-electron chi connectivity index (χ1n) is 5.99. The van der Waals surface area contributed by atoms with E-state index >= 15 is 0 Å². The Labute approximate surface area is 122 Å². The van der Waals surface area contributed by atoms with E-state index in [0.29, 0.717) is 6.61 Å². The summed E-state index contributed by atoms with van der Waals surface area (Å²) >= 11 is 5.17. The first kappa shape index (κ1) is 16.0. The van der Waals surface area contributed by atoms with E-state index < -0.39 is 0 Å². The highest BCUT2D eigenvalue weighted by Crippen LogP contribution is 2.25. The maximum atomic E-state index is 5.10. The van der Waals surface area contributed by atoms with Crippen LogP contribution in [0.3, 0.4) is 0 Å². The summed E-state index contributed by atoms with van der Waals surface area (Å²) < 4.78 is 11.6. The van der Waals surface area contributed by atoms with Crippen molar-refractivity contribution < 1.29 is 4.74 Å². The van der Waals surface area contributed by atoms with Crippen molar-refractivity contribution in [3.63, 3.8) is 0 Å². The van der Waals surface area contributed by atoms with Crippen molar-refractivity contribution in [2.45, 2.75) is 45.0 Å². The van der Waals surface area contributed by atoms with Crippen molar-refractivity contribution in [2.24, 2.45) is 0 Å². The zero-order valence-electron chi connectivity index (χ0n) is 11.7. The second-order valence-corrected chi connectivity index (χ2v) is 7.64. The molecule has 1 rings (SSSR count). The average molecular weight is 336 g/mol. The molecule has 0 aliphatic rings. The second kappa shape index (κ2) is 6.93. The first-order chi connectivity index (χ1) is 8.33. The van der Waals surface area contributed by atoms with Crippen LogP contribution in [0.2, 0.25) is 0 Å². The van der Waals surface area contributed by atoms with E-state index in [0.717, 1.165) is 16.8 Å². The molecule has 0 amide bonds. The molecule has 0 saturated heterocycles. The highest BCUT2D eigenvalue weighted by atomic mass is 79.9. The Balaban J connectivity index is 2.68. The van der Waals surface area contributed by atoms with Gasteiger partial charge in [0, 0.05) is 11.9 Å². The van der Waals surface area contributed by atoms with Gasteiger partial charge in [-0.3, -0.25) is 9.40 Å². The van der Waals surface area contributed by atoms with E-state index in [9.17, 15) is 0 Å². The molecule has 0 fully saturated rings. The van der Waals surface area contributed by atoms with Gasteiger partial charge in [0.15, 0.2) is 0 Å². The number of aromatic nitrogens is 2. The van der Waals surface area contributed by atoms with Crippen molar-refractivity contribution in [1.29, 1.82) is 0 Å². The highest BCUT2D eigenvalue weighted by Gasteiger charge is 2.17. The van der Waals surface area contributed by atoms with Crippen LogP contribution < -0.4 is 4.72 Å². The number of methoxy groups -OCH3 is 1. The van der Waals surface area contributed by atoms with Gasteiger partial charge < -0.3 is 4.74 Å². The van der Waals surface area contributed by atoms with E-state index in [1.807, 2.05) is 4.68 Å². The molecule has 104 valence electrons. The number of hydrogen-bond acceptors (Lipinski definition) is 4. The zero-order chi connectivity index (χ0) is 13.8. The van der Waals surface area contributed by atoms with Crippen molar-refractivity contribution in [2.75, 3.05) is 13.7 Å². The lowest BCUT2D eigenvalue weighted by Crippen LogP contribution is -2.22. The number of rotatable bonds is 6. The van der Waals surface area contributed by atoms with Gasteiger partial charge in [-0.15, -0.1) is 0 Å². The average Bonchev–Trinajstić information content (AvgIpc) is 2.63. The van der Waals surface area contributed by atoms with Crippen molar-refractivity contribution in [1.82, 2.24) is 14.5 Å². The van der Waals surface area contributed by atoms with Gasteiger partial charge in [-0.2, -0.15) is 5.10 Å². The molecule has 1 unspecified atom stereocenters. The van der Waals surface area contributed by atoms with Gasteiger partial charge in [0.2, 0.25) is 0 Å². The van der Waals surface area contributed by atoms with Gasteiger partial charge in [-0.05, 0) is 49.7 Å². The third kappa shape index (κ3) is 5.30. The van der Waals surface area contributed by atoms with E-state index in [4.69, 9.17) is 4.74 Å². The second-order valence-electron chi connectivity index (χ2n) is 5.16. The molecule has 1 aromatic rings. The van der Waals surface area contributed by atoms with E-state index in [1.54, 1.807) is 19.1 Å². The van der Waals surface area contributed by atoms with E-state index in [2.05, 4.69) is 59.5 Å². The molecule has 0 aromatic carbocycles. The summed E-state index contributed by atoms with van der Waals surface area (Å²) in [6.45, 7) is 10.1. The lowest BCUT2D eigenvalue weighted by atomic mass is 10.2. The molecular formula is C12H22BrN3OS. The summed E-state index contributed by atoms with van der Waals surface area (Å²) in [6, 6.07) is 2.29. The summed E-state index contributed by atoms with van der Waals surface area (Å²) in [5.41, 5.74) is 1.16. The molecule has 1 aromatic heterocycles. The molecule has 0 spiro atoms. The molecular weight excluding hydrogens is 314 g/mol. The minimum absolute atomic E-state index is 0.197. The lowest BCUT2D eigenvalue weighted by molar-refractivity contribution is 0.182. The molecule has 0 aliphatic carbocycles. The van der Waals surface area contributed by atoms with Crippen LogP contribution in [0.4, 0.5) is 0 Å². The third-order valence-electron chi connectivity index (χ3n) is 2.27. The van der Waals surface area contributed by atoms with E-state index in [1.165, 1.54) is 0 Å². The molecule has 18 heavy (non-hydrogen) atoms. The van der Waals surface area contributed by atoms with Gasteiger partial charge in [-0.1, -0.05) is 11.9 Å². The summed E-state index contributed by atoms with van der Waals surface area (Å²) in [4.78, 5) is 0. The predicted octanol–water partition coefficient (Wildman–Crippen LogP) is 3.39. The molecule has 0 saturated carbocycles. The Kier molecular flexibility index (Phi) is 6.17. The maximum Gasteiger partial charge on any atom is 0.128 e. The Bertz CT molecular complexity index is 376. The monoisotopic (exact) mass is 335 g/mol. The number of halogens is 1. The Hall–Kier alpha value is -0.0400. The highest BCUT2D eigenvalue weighted by molar-refractivity contribution is 9.10. The van der Waals surface area contributed by atoms with Crippen LogP contribution in [-0.2, 0) is 11.3 Å².